The highest BCUT2D eigenvalue weighted by Gasteiger charge is 2.38. The molecule has 0 spiro atoms. The van der Waals surface area contributed by atoms with Gasteiger partial charge in [-0.3, -0.25) is 4.79 Å². The lowest BCUT2D eigenvalue weighted by atomic mass is 9.86. The Morgan fingerprint density at radius 2 is 1.72 bits per heavy atom. The fraction of sp³-hybridized carbons (Fsp3) is 0.652. The van der Waals surface area contributed by atoms with Crippen molar-refractivity contribution in [3.8, 4) is 0 Å². The lowest BCUT2D eigenvalue weighted by molar-refractivity contribution is -0.129. The first kappa shape index (κ1) is 23.6. The molecule has 29 heavy (non-hydrogen) atoms. The third-order valence-corrected chi connectivity index (χ3v) is 6.46. The fourth-order valence-electron chi connectivity index (χ4n) is 3.34. The number of nitrogens with one attached hydrogen (secondary N) is 1. The molecule has 1 aromatic carbocycles. The van der Waals surface area contributed by atoms with Crippen molar-refractivity contribution >= 4 is 23.7 Å². The quantitative estimate of drug-likeness (QED) is 0.747. The highest BCUT2D eigenvalue weighted by Crippen LogP contribution is 2.43. The molecule has 6 heteroatoms. The smallest absolute Gasteiger partial charge is 0.317 e. The first-order valence-corrected chi connectivity index (χ1v) is 11.4. The van der Waals surface area contributed by atoms with E-state index in [0.717, 1.165) is 5.56 Å². The Morgan fingerprint density at radius 1 is 1.14 bits per heavy atom. The minimum atomic E-state index is -0.282. The first-order valence-electron chi connectivity index (χ1n) is 10.5. The van der Waals surface area contributed by atoms with Crippen LogP contribution in [0.1, 0.15) is 71.9 Å². The average molecular weight is 420 g/mol. The largest absolute Gasteiger partial charge is 0.333 e. The fourth-order valence-corrected chi connectivity index (χ4v) is 4.65. The molecule has 3 amide bonds. The summed E-state index contributed by atoms with van der Waals surface area (Å²) in [6.45, 7) is 18.1. The third-order valence-electron chi connectivity index (χ3n) is 5.07. The number of thioether (sulfide) groups is 1. The molecule has 0 bridgehead atoms. The summed E-state index contributed by atoms with van der Waals surface area (Å²) < 4.78 is 0. The summed E-state index contributed by atoms with van der Waals surface area (Å²) in [6, 6.07) is 8.52. The van der Waals surface area contributed by atoms with Gasteiger partial charge in [-0.05, 0) is 51.2 Å². The van der Waals surface area contributed by atoms with Gasteiger partial charge in [0.05, 0.1) is 5.25 Å². The van der Waals surface area contributed by atoms with Gasteiger partial charge < -0.3 is 15.1 Å². The van der Waals surface area contributed by atoms with Crippen LogP contribution in [0.3, 0.4) is 0 Å². The van der Waals surface area contributed by atoms with Gasteiger partial charge in [-0.1, -0.05) is 45.0 Å². The number of hydrogen-bond acceptors (Lipinski definition) is 3. The molecular weight excluding hydrogens is 382 g/mol. The molecule has 1 aliphatic rings. The molecule has 1 fully saturated rings. The summed E-state index contributed by atoms with van der Waals surface area (Å²) in [4.78, 5) is 29.0. The van der Waals surface area contributed by atoms with Crippen LogP contribution in [0, 0.1) is 0 Å². The van der Waals surface area contributed by atoms with Crippen molar-refractivity contribution in [1.82, 2.24) is 15.1 Å². The Balaban J connectivity index is 2.12. The number of benzene rings is 1. The van der Waals surface area contributed by atoms with Crippen molar-refractivity contribution in [3.05, 3.63) is 35.4 Å². The molecule has 1 aromatic rings. The predicted molar refractivity (Wildman–Crippen MR) is 122 cm³/mol. The average Bonchev–Trinajstić information content (AvgIpc) is 2.88. The maximum atomic E-state index is 12.8. The molecule has 2 rings (SSSR count). The lowest BCUT2D eigenvalue weighted by Crippen LogP contribution is -2.50. The van der Waals surface area contributed by atoms with Gasteiger partial charge in [0.15, 0.2) is 0 Å². The summed E-state index contributed by atoms with van der Waals surface area (Å²) in [5.74, 6) is 0.146. The van der Waals surface area contributed by atoms with E-state index in [1.807, 2.05) is 39.5 Å². The van der Waals surface area contributed by atoms with E-state index in [1.54, 1.807) is 16.7 Å². The summed E-state index contributed by atoms with van der Waals surface area (Å²) in [6.07, 6.45) is 0. The molecule has 0 aliphatic carbocycles. The van der Waals surface area contributed by atoms with Gasteiger partial charge in [0.1, 0.15) is 5.37 Å². The molecule has 0 unspecified atom stereocenters. The van der Waals surface area contributed by atoms with E-state index in [9.17, 15) is 9.59 Å². The third kappa shape index (κ3) is 6.14. The number of likely N-dealkylation sites (N-methyl/N-ethyl adjacent to an activating group) is 1. The highest BCUT2D eigenvalue weighted by molar-refractivity contribution is 8.01. The first-order chi connectivity index (χ1) is 13.3. The van der Waals surface area contributed by atoms with Gasteiger partial charge in [0, 0.05) is 25.2 Å². The monoisotopic (exact) mass is 419 g/mol. The van der Waals surface area contributed by atoms with Crippen molar-refractivity contribution in [2.75, 3.05) is 19.6 Å². The zero-order valence-electron chi connectivity index (χ0n) is 19.2. The molecule has 162 valence electrons. The number of carbonyl (C=O) groups excluding carboxylic acids is 2. The van der Waals surface area contributed by atoms with E-state index in [-0.39, 0.29) is 33.5 Å². The molecule has 2 atom stereocenters. The van der Waals surface area contributed by atoms with Crippen LogP contribution in [0.2, 0.25) is 0 Å². The van der Waals surface area contributed by atoms with Crippen LogP contribution in [-0.2, 0) is 10.2 Å². The molecule has 1 aliphatic heterocycles. The topological polar surface area (TPSA) is 52.7 Å². The van der Waals surface area contributed by atoms with Crippen LogP contribution in [0.15, 0.2) is 24.3 Å². The van der Waals surface area contributed by atoms with Crippen LogP contribution in [0.25, 0.3) is 0 Å². The Labute approximate surface area is 180 Å². The summed E-state index contributed by atoms with van der Waals surface area (Å²) in [7, 11) is 0. The van der Waals surface area contributed by atoms with E-state index in [4.69, 9.17) is 0 Å². The van der Waals surface area contributed by atoms with Crippen LogP contribution in [-0.4, -0.2) is 52.2 Å². The predicted octanol–water partition coefficient (Wildman–Crippen LogP) is 4.78. The normalized spacial score (nSPS) is 20.1. The van der Waals surface area contributed by atoms with Crippen molar-refractivity contribution in [2.24, 2.45) is 0 Å². The molecule has 0 radical (unpaired) electrons. The molecule has 0 aromatic heterocycles. The number of nitrogens with zero attached hydrogens (tertiary/aromatic N) is 2. The SMILES string of the molecule is CCN(CCN1C(=O)[C@H](C)S[C@@H]1c1ccc(C(C)(C)C)cc1)C(=O)NC(C)(C)C. The van der Waals surface area contributed by atoms with E-state index < -0.39 is 0 Å². The Bertz CT molecular complexity index is 719. The van der Waals surface area contributed by atoms with Gasteiger partial charge in [0.2, 0.25) is 5.91 Å². The van der Waals surface area contributed by atoms with Crippen molar-refractivity contribution in [2.45, 2.75) is 77.0 Å². The standard InChI is InChI=1S/C23H37N3O2S/c1-9-25(21(28)24-23(6,7)8)14-15-26-19(27)16(2)29-20(26)17-10-12-18(13-11-17)22(3,4)5/h10-13,16,20H,9,14-15H2,1-8H3,(H,24,28)/t16-,20+/m0/s1. The maximum absolute atomic E-state index is 12.8. The minimum Gasteiger partial charge on any atom is -0.333 e. The van der Waals surface area contributed by atoms with E-state index in [0.29, 0.717) is 19.6 Å². The Kier molecular flexibility index (Phi) is 7.31. The van der Waals surface area contributed by atoms with E-state index in [1.165, 1.54) is 5.56 Å². The van der Waals surface area contributed by atoms with Gasteiger partial charge in [0.25, 0.3) is 0 Å². The number of rotatable bonds is 5. The zero-order valence-corrected chi connectivity index (χ0v) is 20.0. The second kappa shape index (κ2) is 8.99. The summed E-state index contributed by atoms with van der Waals surface area (Å²) >= 11 is 1.68. The van der Waals surface area contributed by atoms with Crippen molar-refractivity contribution in [3.63, 3.8) is 0 Å². The van der Waals surface area contributed by atoms with Gasteiger partial charge in [-0.15, -0.1) is 11.8 Å². The molecule has 0 saturated carbocycles. The Hall–Kier alpha value is -1.69. The summed E-state index contributed by atoms with van der Waals surface area (Å²) in [5.41, 5.74) is 2.25. The molecule has 1 heterocycles. The van der Waals surface area contributed by atoms with Gasteiger partial charge >= 0.3 is 6.03 Å². The molecule has 1 saturated heterocycles. The Morgan fingerprint density at radius 3 is 2.21 bits per heavy atom. The maximum Gasteiger partial charge on any atom is 0.317 e. The molecule has 1 N–H and O–H groups in total. The van der Waals surface area contributed by atoms with Gasteiger partial charge in [-0.2, -0.15) is 0 Å². The van der Waals surface area contributed by atoms with Crippen LogP contribution in [0.5, 0.6) is 0 Å². The number of urea groups is 1. The number of carbonyl (C=O) groups is 2. The second-order valence-corrected chi connectivity index (χ2v) is 11.2. The number of hydrogen-bond donors (Lipinski definition) is 1. The molecule has 5 nitrogen and oxygen atoms in total. The van der Waals surface area contributed by atoms with Gasteiger partial charge in [-0.25, -0.2) is 4.79 Å². The lowest BCUT2D eigenvalue weighted by Gasteiger charge is -2.31. The second-order valence-electron chi connectivity index (χ2n) is 9.79. The molecular formula is C23H37N3O2S. The van der Waals surface area contributed by atoms with Crippen LogP contribution in [0.4, 0.5) is 4.79 Å². The number of amides is 3. The summed E-state index contributed by atoms with van der Waals surface area (Å²) in [5, 5.41) is 2.93. The van der Waals surface area contributed by atoms with E-state index in [2.05, 4.69) is 50.4 Å². The minimum absolute atomic E-state index is 0.00379. The van der Waals surface area contributed by atoms with Crippen molar-refractivity contribution < 1.29 is 9.59 Å². The zero-order chi connectivity index (χ0) is 22.0. The van der Waals surface area contributed by atoms with Crippen LogP contribution >= 0.6 is 11.8 Å². The van der Waals surface area contributed by atoms with Crippen LogP contribution < -0.4 is 5.32 Å². The van der Waals surface area contributed by atoms with Crippen molar-refractivity contribution in [1.29, 1.82) is 0 Å². The highest BCUT2D eigenvalue weighted by atomic mass is 32.2. The van der Waals surface area contributed by atoms with E-state index >= 15 is 0 Å².